The molecule has 4 N–H and O–H groups in total. The van der Waals surface area contributed by atoms with Crippen LogP contribution in [0.2, 0.25) is 0 Å². The Morgan fingerprint density at radius 3 is 1.15 bits per heavy atom. The molecule has 0 aromatic carbocycles. The van der Waals surface area contributed by atoms with Crippen LogP contribution in [0, 0.1) is 37.3 Å². The molecular weight excluding hydrogens is 690 g/mol. The van der Waals surface area contributed by atoms with Crippen LogP contribution in [0.5, 0.6) is 0 Å². The van der Waals surface area contributed by atoms with Crippen molar-refractivity contribution in [1.82, 2.24) is 18.3 Å². The van der Waals surface area contributed by atoms with Crippen molar-refractivity contribution in [2.24, 2.45) is 14.1 Å². The number of aryl methyl sites for hydroxylation is 4. The smallest absolute Gasteiger partial charge is 0.358 e. The van der Waals surface area contributed by atoms with E-state index in [0.29, 0.717) is 0 Å². The van der Waals surface area contributed by atoms with E-state index in [9.17, 15) is 0 Å². The van der Waals surface area contributed by atoms with Crippen molar-refractivity contribution >= 4 is 0 Å². The van der Waals surface area contributed by atoms with Crippen LogP contribution in [0.1, 0.15) is 25.7 Å². The van der Waals surface area contributed by atoms with E-state index in [1.165, 1.54) is 33.3 Å². The Bertz CT molecular complexity index is 608. The summed E-state index contributed by atoms with van der Waals surface area (Å²) in [6, 6.07) is 0. The predicted octanol–water partition coefficient (Wildman–Crippen LogP) is 5.62. The van der Waals surface area contributed by atoms with Gasteiger partial charge < -0.3 is 42.0 Å². The Morgan fingerprint density at radius 1 is 0.615 bits per heavy atom. The summed E-state index contributed by atoms with van der Waals surface area (Å²) < 4.78 is 11.6. The van der Waals surface area contributed by atoms with Gasteiger partial charge in [0.25, 0.3) is 0 Å². The zero-order valence-corrected chi connectivity index (χ0v) is 21.7. The molecule has 0 unspecified atom stereocenters. The largest absolute Gasteiger partial charge is 0.693 e. The van der Waals surface area contributed by atoms with Crippen molar-refractivity contribution in [3.05, 3.63) is 74.4 Å². The Labute approximate surface area is 183 Å². The summed E-state index contributed by atoms with van der Waals surface area (Å²) in [5, 5.41) is 0. The Morgan fingerprint density at radius 2 is 0.923 bits per heavy atom. The Hall–Kier alpha value is -0.283. The molecule has 0 saturated heterocycles. The van der Waals surface area contributed by atoms with Crippen LogP contribution < -0.4 is 0 Å². The van der Waals surface area contributed by atoms with E-state index < -0.39 is 0 Å². The fourth-order valence-corrected chi connectivity index (χ4v) is 3.42. The number of nitrogens with zero attached hydrogens (tertiary/aromatic N) is 4. The van der Waals surface area contributed by atoms with Gasteiger partial charge in [-0.3, -0.25) is 0 Å². The molecule has 0 amide bonds. The fourth-order valence-electron chi connectivity index (χ4n) is 2.23. The molecule has 2 aromatic heterocycles. The van der Waals surface area contributed by atoms with Crippen LogP contribution in [-0.4, -0.2) is 18.3 Å². The van der Waals surface area contributed by atoms with Crippen LogP contribution in [0.4, 0.5) is 0 Å². The first-order valence-corrected chi connectivity index (χ1v) is 9.21. The van der Waals surface area contributed by atoms with Crippen molar-refractivity contribution in [2.75, 3.05) is 0 Å². The maximum Gasteiger partial charge on any atom is -0.358 e. The molecule has 26 heavy (non-hydrogen) atoms. The summed E-state index contributed by atoms with van der Waals surface area (Å²) in [6.45, 7) is 2.27. The molecule has 2 heterocycles. The van der Waals surface area contributed by atoms with E-state index in [-0.39, 0.29) is 42.0 Å². The van der Waals surface area contributed by atoms with Gasteiger partial charge in [0.15, 0.2) is 0 Å². The van der Waals surface area contributed by atoms with Crippen LogP contribution in [0.15, 0.2) is 24.8 Å². The summed E-state index contributed by atoms with van der Waals surface area (Å²) in [5.74, 6) is 0. The van der Waals surface area contributed by atoms with Crippen molar-refractivity contribution in [3.8, 4) is 0 Å². The Kier molecular flexibility index (Phi) is 25.5. The summed E-state index contributed by atoms with van der Waals surface area (Å²) in [7, 11) is 4.19. The van der Waals surface area contributed by atoms with Crippen LogP contribution in [0.3, 0.4) is 0 Å². The average Bonchev–Trinajstić information content (AvgIpc) is 2.92. The Balaban J connectivity index is -0.000000245. The predicted molar refractivity (Wildman–Crippen MR) is 108 cm³/mol. The summed E-state index contributed by atoms with van der Waals surface area (Å²) in [4.78, 5) is 0. The maximum absolute atomic E-state index is 2.38. The molecule has 0 aliphatic rings. The van der Waals surface area contributed by atoms with Gasteiger partial charge in [0.2, 0.25) is 0 Å². The molecule has 0 aliphatic heterocycles. The number of nitrogens with two attached hydrogens (primary N) is 2. The number of rotatable bonds is 7. The van der Waals surface area contributed by atoms with Crippen molar-refractivity contribution < 1.29 is 38.7 Å². The SMILES string of the molecule is Cn1ccn(CCCCCCn2ccn(C)[c]2=[Pt])[c]1=[Pt].[CH3-].[CH3-].[CH3-].[CH3-].[NH2-].[NH2-]. The molecule has 0 saturated carbocycles. The maximum atomic E-state index is 2.38. The third kappa shape index (κ3) is 10.2. The second kappa shape index (κ2) is 18.1. The third-order valence-corrected chi connectivity index (χ3v) is 6.37. The van der Waals surface area contributed by atoms with Crippen molar-refractivity contribution in [3.63, 3.8) is 0 Å². The number of hydrogen-bond donors (Lipinski definition) is 0. The van der Waals surface area contributed by atoms with E-state index in [2.05, 4.69) is 95.9 Å². The van der Waals surface area contributed by atoms with Gasteiger partial charge in [-0.05, 0) is 0 Å². The molecule has 0 radical (unpaired) electrons. The zero-order chi connectivity index (χ0) is 14.5. The molecule has 166 valence electrons. The van der Waals surface area contributed by atoms with Gasteiger partial charge in [-0.2, -0.15) is 0 Å². The second-order valence-electron chi connectivity index (χ2n) is 5.10. The first-order chi connectivity index (χ1) is 9.59. The molecule has 0 aliphatic carbocycles. The second-order valence-corrected chi connectivity index (χ2v) is 7.13. The fraction of sp³-hybridized carbons (Fsp3) is 0.444. The van der Waals surface area contributed by atoms with E-state index in [1.807, 2.05) is 0 Å². The molecule has 2 aromatic rings. The average molecular weight is 729 g/mol. The molecule has 0 bridgehead atoms. The summed E-state index contributed by atoms with van der Waals surface area (Å²) in [5.41, 5.74) is 0. The van der Waals surface area contributed by atoms with Crippen LogP contribution in [0.25, 0.3) is 12.3 Å². The van der Waals surface area contributed by atoms with E-state index in [0.717, 1.165) is 13.1 Å². The van der Waals surface area contributed by atoms with Crippen LogP contribution >= 0.6 is 0 Å². The van der Waals surface area contributed by atoms with Gasteiger partial charge in [-0.1, -0.05) is 0 Å². The van der Waals surface area contributed by atoms with Gasteiger partial charge in [-0.25, -0.2) is 0 Å². The molecular formula is C18H38N6Pt2-6. The first-order valence-electron chi connectivity index (χ1n) is 6.94. The number of imidazole rings is 2. The van der Waals surface area contributed by atoms with Gasteiger partial charge >= 0.3 is 142 Å². The molecule has 0 atom stereocenters. The monoisotopic (exact) mass is 728 g/mol. The number of aromatic nitrogens is 4. The minimum absolute atomic E-state index is 0. The summed E-state index contributed by atoms with van der Waals surface area (Å²) >= 11 is 4.77. The molecule has 0 fully saturated rings. The minimum Gasteiger partial charge on any atom is -0.693 e. The quantitative estimate of drug-likeness (QED) is 0.262. The normalized spacial score (nSPS) is 8.69. The van der Waals surface area contributed by atoms with Crippen LogP contribution in [-0.2, 0) is 65.9 Å². The third-order valence-electron chi connectivity index (χ3n) is 3.47. The standard InChI is InChI=1S/C14H22N4.4CH3.2H2N.2Pt/c1-15-9-11-17(13-15)7-5-3-4-6-8-18-12-10-16(2)14-18;;;;;;;;/h9-12H,3-8H2,1-2H3;4*1H3;2*1H2;;/q;6*-1;;. The molecule has 2 rings (SSSR count). The number of unbranched alkanes of at least 4 members (excludes halogenated alkanes) is 3. The van der Waals surface area contributed by atoms with Gasteiger partial charge in [0.05, 0.1) is 0 Å². The first kappa shape index (κ1) is 36.6. The van der Waals surface area contributed by atoms with Crippen molar-refractivity contribution in [2.45, 2.75) is 38.8 Å². The van der Waals surface area contributed by atoms with Gasteiger partial charge in [0, 0.05) is 0 Å². The van der Waals surface area contributed by atoms with Crippen molar-refractivity contribution in [1.29, 1.82) is 0 Å². The van der Waals surface area contributed by atoms with E-state index >= 15 is 0 Å². The van der Waals surface area contributed by atoms with Gasteiger partial charge in [-0.15, -0.1) is 0 Å². The van der Waals surface area contributed by atoms with E-state index in [4.69, 9.17) is 0 Å². The topological polar surface area (TPSA) is 86.7 Å². The number of hydrogen-bond acceptors (Lipinski definition) is 0. The van der Waals surface area contributed by atoms with Gasteiger partial charge in [0.1, 0.15) is 0 Å². The minimum atomic E-state index is 0. The summed E-state index contributed by atoms with van der Waals surface area (Å²) in [6.07, 6.45) is 13.7. The molecule has 0 spiro atoms. The van der Waals surface area contributed by atoms with E-state index in [1.54, 1.807) is 0 Å². The molecule has 6 nitrogen and oxygen atoms in total. The zero-order valence-electron chi connectivity index (χ0n) is 17.1. The molecule has 8 heteroatoms.